The van der Waals surface area contributed by atoms with Crippen molar-refractivity contribution < 1.29 is 9.53 Å². The van der Waals surface area contributed by atoms with Crippen LogP contribution in [0, 0.1) is 0 Å². The third kappa shape index (κ3) is 4.51. The van der Waals surface area contributed by atoms with Crippen molar-refractivity contribution in [3.8, 4) is 0 Å². The average Bonchev–Trinajstić information content (AvgIpc) is 3.25. The molecule has 1 aromatic heterocycles. The summed E-state index contributed by atoms with van der Waals surface area (Å²) in [7, 11) is 0. The van der Waals surface area contributed by atoms with Gasteiger partial charge in [-0.2, -0.15) is 11.8 Å². The molecular weight excluding hydrogens is 322 g/mol. The summed E-state index contributed by atoms with van der Waals surface area (Å²) >= 11 is 1.78. The third-order valence-electron chi connectivity index (χ3n) is 4.40. The zero-order valence-electron chi connectivity index (χ0n) is 14.1. The van der Waals surface area contributed by atoms with Gasteiger partial charge in [0.05, 0.1) is 23.2 Å². The lowest BCUT2D eigenvalue weighted by molar-refractivity contribution is -0.122. The Labute approximate surface area is 146 Å². The molecule has 2 atom stereocenters. The fraction of sp³-hybridized carbons (Fsp3) is 0.556. The summed E-state index contributed by atoms with van der Waals surface area (Å²) < 4.78 is 5.60. The van der Waals surface area contributed by atoms with Crippen molar-refractivity contribution in [2.75, 3.05) is 18.6 Å². The first-order valence-corrected chi connectivity index (χ1v) is 10.00. The number of hydrogen-bond acceptors (Lipinski definition) is 4. The molecule has 2 N–H and O–H groups in total. The largest absolute Gasteiger partial charge is 0.378 e. The Kier molecular flexibility index (Phi) is 6.15. The van der Waals surface area contributed by atoms with Gasteiger partial charge < -0.3 is 15.0 Å². The van der Waals surface area contributed by atoms with Crippen molar-refractivity contribution in [3.63, 3.8) is 0 Å². The van der Waals surface area contributed by atoms with Crippen LogP contribution >= 0.6 is 11.8 Å². The molecule has 1 fully saturated rings. The minimum absolute atomic E-state index is 0.0677. The molecule has 2 heterocycles. The lowest BCUT2D eigenvalue weighted by Crippen LogP contribution is -2.30. The number of rotatable bonds is 8. The van der Waals surface area contributed by atoms with Crippen LogP contribution in [0.3, 0.4) is 0 Å². The first-order chi connectivity index (χ1) is 11.8. The number of H-pyrrole nitrogens is 1. The van der Waals surface area contributed by atoms with Crippen molar-refractivity contribution in [1.29, 1.82) is 0 Å². The molecule has 1 aliphatic rings. The number of fused-ring (bicyclic) bond motifs is 1. The number of amides is 1. The molecule has 3 rings (SSSR count). The number of thioether (sulfide) groups is 1. The zero-order chi connectivity index (χ0) is 16.8. The van der Waals surface area contributed by atoms with Gasteiger partial charge in [-0.15, -0.1) is 0 Å². The quantitative estimate of drug-likeness (QED) is 0.768. The van der Waals surface area contributed by atoms with Crippen molar-refractivity contribution in [2.45, 2.75) is 44.2 Å². The summed E-state index contributed by atoms with van der Waals surface area (Å²) in [5.74, 6) is 1.90. The summed E-state index contributed by atoms with van der Waals surface area (Å²) in [6.07, 6.45) is 6.71. The molecule has 0 spiro atoms. The van der Waals surface area contributed by atoms with Crippen LogP contribution in [0.5, 0.6) is 0 Å². The Bertz CT molecular complexity index is 634. The van der Waals surface area contributed by atoms with E-state index in [9.17, 15) is 4.79 Å². The molecule has 24 heavy (non-hydrogen) atoms. The highest BCUT2D eigenvalue weighted by atomic mass is 32.2. The fourth-order valence-corrected chi connectivity index (χ4v) is 3.55. The number of ether oxygens (including phenoxy) is 1. The maximum Gasteiger partial charge on any atom is 0.220 e. The van der Waals surface area contributed by atoms with E-state index in [0.717, 1.165) is 54.9 Å². The predicted molar refractivity (Wildman–Crippen MR) is 98.2 cm³/mol. The van der Waals surface area contributed by atoms with Gasteiger partial charge in [0.1, 0.15) is 5.82 Å². The van der Waals surface area contributed by atoms with E-state index >= 15 is 0 Å². The molecule has 0 radical (unpaired) electrons. The molecule has 1 aliphatic heterocycles. The highest BCUT2D eigenvalue weighted by Gasteiger charge is 2.20. The van der Waals surface area contributed by atoms with Gasteiger partial charge >= 0.3 is 0 Å². The average molecular weight is 347 g/mol. The number of aromatic nitrogens is 2. The van der Waals surface area contributed by atoms with E-state index in [0.29, 0.717) is 6.42 Å². The van der Waals surface area contributed by atoms with Gasteiger partial charge in [-0.05, 0) is 49.8 Å². The number of carbonyl (C=O) groups excluding carboxylic acids is 1. The number of aromatic amines is 1. The van der Waals surface area contributed by atoms with Crippen molar-refractivity contribution >= 4 is 28.7 Å². The topological polar surface area (TPSA) is 67.0 Å². The first-order valence-electron chi connectivity index (χ1n) is 8.61. The number of nitrogens with one attached hydrogen (secondary N) is 2. The summed E-state index contributed by atoms with van der Waals surface area (Å²) in [6, 6.07) is 7.89. The summed E-state index contributed by atoms with van der Waals surface area (Å²) in [5, 5.41) is 3.15. The standard InChI is InChI=1S/C18H25N3O2S/c1-24-12-10-16(18-20-14-6-2-3-7-15(14)21-18)19-17(22)9-8-13-5-4-11-23-13/h2-3,6-7,13,16H,4-5,8-12H2,1H3,(H,19,22)(H,20,21)/t13-,16+/m1/s1. The molecule has 0 aliphatic carbocycles. The molecule has 1 saturated heterocycles. The summed E-state index contributed by atoms with van der Waals surface area (Å²) in [4.78, 5) is 20.3. The second kappa shape index (κ2) is 8.53. The molecule has 130 valence electrons. The van der Waals surface area contributed by atoms with Crippen LogP contribution in [0.2, 0.25) is 0 Å². The van der Waals surface area contributed by atoms with Crippen LogP contribution in [0.15, 0.2) is 24.3 Å². The number of hydrogen-bond donors (Lipinski definition) is 2. The number of imidazole rings is 1. The third-order valence-corrected chi connectivity index (χ3v) is 5.04. The molecule has 6 heteroatoms. The molecule has 2 aromatic rings. The lowest BCUT2D eigenvalue weighted by Gasteiger charge is -2.17. The van der Waals surface area contributed by atoms with Crippen LogP contribution in [-0.4, -0.2) is 40.6 Å². The Morgan fingerprint density at radius 1 is 1.50 bits per heavy atom. The minimum Gasteiger partial charge on any atom is -0.378 e. The van der Waals surface area contributed by atoms with Crippen molar-refractivity contribution in [3.05, 3.63) is 30.1 Å². The van der Waals surface area contributed by atoms with E-state index in [1.165, 1.54) is 0 Å². The van der Waals surface area contributed by atoms with Crippen LogP contribution in [-0.2, 0) is 9.53 Å². The van der Waals surface area contributed by atoms with E-state index in [1.807, 2.05) is 24.3 Å². The van der Waals surface area contributed by atoms with Crippen LogP contribution in [0.1, 0.15) is 44.0 Å². The van der Waals surface area contributed by atoms with Gasteiger partial charge in [0.25, 0.3) is 0 Å². The number of nitrogens with zero attached hydrogens (tertiary/aromatic N) is 1. The maximum absolute atomic E-state index is 12.3. The highest BCUT2D eigenvalue weighted by molar-refractivity contribution is 7.98. The second-order valence-electron chi connectivity index (χ2n) is 6.21. The predicted octanol–water partition coefficient (Wildman–Crippen LogP) is 3.43. The molecule has 5 nitrogen and oxygen atoms in total. The molecule has 0 bridgehead atoms. The van der Waals surface area contributed by atoms with Crippen LogP contribution < -0.4 is 5.32 Å². The van der Waals surface area contributed by atoms with Gasteiger partial charge in [0, 0.05) is 13.0 Å². The molecular formula is C18H25N3O2S. The summed E-state index contributed by atoms with van der Waals surface area (Å²) in [5.41, 5.74) is 1.95. The molecule has 0 saturated carbocycles. The van der Waals surface area contributed by atoms with E-state index < -0.39 is 0 Å². The van der Waals surface area contributed by atoms with Crippen molar-refractivity contribution in [2.24, 2.45) is 0 Å². The second-order valence-corrected chi connectivity index (χ2v) is 7.20. The minimum atomic E-state index is -0.0677. The number of para-hydroxylation sites is 2. The van der Waals surface area contributed by atoms with Gasteiger partial charge in [-0.1, -0.05) is 12.1 Å². The van der Waals surface area contributed by atoms with E-state index in [2.05, 4.69) is 21.5 Å². The first kappa shape index (κ1) is 17.3. The van der Waals surface area contributed by atoms with E-state index in [4.69, 9.17) is 4.74 Å². The Morgan fingerprint density at radius 2 is 2.38 bits per heavy atom. The molecule has 1 amide bonds. The van der Waals surface area contributed by atoms with Gasteiger partial charge in [0.2, 0.25) is 5.91 Å². The Hall–Kier alpha value is -1.53. The van der Waals surface area contributed by atoms with E-state index in [-0.39, 0.29) is 18.1 Å². The highest BCUT2D eigenvalue weighted by Crippen LogP contribution is 2.21. The zero-order valence-corrected chi connectivity index (χ0v) is 14.9. The van der Waals surface area contributed by atoms with Gasteiger partial charge in [-0.3, -0.25) is 4.79 Å². The normalized spacial score (nSPS) is 18.8. The SMILES string of the molecule is CSCC[C@H](NC(=O)CC[C@H]1CCCO1)c1nc2ccccc2[nH]1. The van der Waals surface area contributed by atoms with Gasteiger partial charge in [-0.25, -0.2) is 4.98 Å². The molecule has 0 unspecified atom stereocenters. The van der Waals surface area contributed by atoms with Crippen LogP contribution in [0.25, 0.3) is 11.0 Å². The lowest BCUT2D eigenvalue weighted by atomic mass is 10.1. The Morgan fingerprint density at radius 3 is 3.12 bits per heavy atom. The number of carbonyl (C=O) groups is 1. The van der Waals surface area contributed by atoms with E-state index in [1.54, 1.807) is 11.8 Å². The maximum atomic E-state index is 12.3. The number of benzene rings is 1. The Balaban J connectivity index is 1.62. The fourth-order valence-electron chi connectivity index (χ4n) is 3.08. The monoisotopic (exact) mass is 347 g/mol. The smallest absolute Gasteiger partial charge is 0.220 e. The molecule has 1 aromatic carbocycles. The summed E-state index contributed by atoms with van der Waals surface area (Å²) in [6.45, 7) is 0.835. The van der Waals surface area contributed by atoms with Crippen molar-refractivity contribution in [1.82, 2.24) is 15.3 Å². The van der Waals surface area contributed by atoms with Crippen LogP contribution in [0.4, 0.5) is 0 Å². The van der Waals surface area contributed by atoms with Gasteiger partial charge in [0.15, 0.2) is 0 Å².